The van der Waals surface area contributed by atoms with Crippen LogP contribution in [0.4, 0.5) is 14.9 Å². The lowest BCUT2D eigenvalue weighted by molar-refractivity contribution is 0.224. The van der Waals surface area contributed by atoms with E-state index in [1.165, 1.54) is 36.1 Å². The summed E-state index contributed by atoms with van der Waals surface area (Å²) in [5.74, 6) is 0.0594. The topological polar surface area (TPSA) is 88.0 Å². The van der Waals surface area contributed by atoms with Gasteiger partial charge in [0.15, 0.2) is 5.82 Å². The van der Waals surface area contributed by atoms with E-state index in [-0.39, 0.29) is 5.69 Å². The van der Waals surface area contributed by atoms with Gasteiger partial charge < -0.3 is 15.5 Å². The average Bonchev–Trinajstić information content (AvgIpc) is 3.04. The number of anilines is 1. The maximum Gasteiger partial charge on any atom is 0.319 e. The van der Waals surface area contributed by atoms with Gasteiger partial charge in [-0.05, 0) is 61.5 Å². The number of amides is 2. The lowest BCUT2D eigenvalue weighted by Crippen LogP contribution is -2.39. The molecule has 1 aliphatic heterocycles. The van der Waals surface area contributed by atoms with Gasteiger partial charge in [0.05, 0.1) is 11.4 Å². The van der Waals surface area contributed by atoms with E-state index in [0.29, 0.717) is 18.1 Å². The van der Waals surface area contributed by atoms with Gasteiger partial charge in [0.1, 0.15) is 5.82 Å². The quantitative estimate of drug-likeness (QED) is 0.860. The maximum absolute atomic E-state index is 14.0. The molecule has 1 saturated heterocycles. The summed E-state index contributed by atoms with van der Waals surface area (Å²) in [6, 6.07) is 3.90. The average molecular weight is 347 g/mol. The Kier molecular flexibility index (Phi) is 5.54. The third-order valence-electron chi connectivity index (χ3n) is 4.23. The number of aromatic nitrogens is 4. The van der Waals surface area contributed by atoms with Crippen LogP contribution in [0.3, 0.4) is 0 Å². The molecule has 0 radical (unpaired) electrons. The number of hydrogen-bond donors (Lipinski definition) is 2. The minimum Gasteiger partial charge on any atom is -0.337 e. The molecule has 134 valence electrons. The lowest BCUT2D eigenvalue weighted by atomic mass is 10.1. The Hall–Kier alpha value is -2.55. The third-order valence-corrected chi connectivity index (χ3v) is 4.23. The van der Waals surface area contributed by atoms with E-state index in [0.717, 1.165) is 19.6 Å². The number of likely N-dealkylation sites (tertiary alicyclic amines) is 1. The predicted octanol–water partition coefficient (Wildman–Crippen LogP) is 1.72. The molecule has 3 rings (SSSR count). The van der Waals surface area contributed by atoms with Crippen LogP contribution >= 0.6 is 0 Å². The van der Waals surface area contributed by atoms with E-state index >= 15 is 0 Å². The van der Waals surface area contributed by atoms with Crippen molar-refractivity contribution in [1.82, 2.24) is 30.4 Å². The lowest BCUT2D eigenvalue weighted by Gasteiger charge is -2.26. The van der Waals surface area contributed by atoms with Gasteiger partial charge in [0.2, 0.25) is 0 Å². The first-order valence-corrected chi connectivity index (χ1v) is 8.45. The van der Waals surface area contributed by atoms with E-state index in [1.807, 2.05) is 0 Å². The molecule has 2 heterocycles. The van der Waals surface area contributed by atoms with Crippen LogP contribution in [0.1, 0.15) is 25.1 Å². The minimum atomic E-state index is -0.513. The highest BCUT2D eigenvalue weighted by atomic mass is 19.1. The zero-order valence-electron chi connectivity index (χ0n) is 14.2. The molecule has 0 atom stereocenters. The van der Waals surface area contributed by atoms with Crippen LogP contribution in [-0.2, 0) is 0 Å². The van der Waals surface area contributed by atoms with Gasteiger partial charge >= 0.3 is 6.03 Å². The Morgan fingerprint density at radius 2 is 2.08 bits per heavy atom. The van der Waals surface area contributed by atoms with E-state index < -0.39 is 11.8 Å². The van der Waals surface area contributed by atoms with Crippen molar-refractivity contribution in [2.45, 2.75) is 26.2 Å². The number of urea groups is 1. The van der Waals surface area contributed by atoms with Crippen LogP contribution in [0, 0.1) is 12.7 Å². The molecule has 0 unspecified atom stereocenters. The fourth-order valence-corrected chi connectivity index (χ4v) is 2.89. The third kappa shape index (κ3) is 4.50. The van der Waals surface area contributed by atoms with Gasteiger partial charge in [-0.25, -0.2) is 9.18 Å². The first-order chi connectivity index (χ1) is 12.1. The number of carbonyl (C=O) groups excluding carboxylic acids is 1. The zero-order chi connectivity index (χ0) is 17.6. The zero-order valence-corrected chi connectivity index (χ0v) is 14.2. The molecule has 25 heavy (non-hydrogen) atoms. The van der Waals surface area contributed by atoms with Crippen molar-refractivity contribution in [1.29, 1.82) is 0 Å². The summed E-state index contributed by atoms with van der Waals surface area (Å²) in [7, 11) is 0. The Labute approximate surface area is 145 Å². The van der Waals surface area contributed by atoms with Gasteiger partial charge in [0.25, 0.3) is 0 Å². The Balaban J connectivity index is 1.56. The molecule has 2 N–H and O–H groups in total. The van der Waals surface area contributed by atoms with Crippen molar-refractivity contribution >= 4 is 11.7 Å². The monoisotopic (exact) mass is 347 g/mol. The fraction of sp³-hybridized carbons (Fsp3) is 0.500. The number of halogens is 1. The number of hydrogen-bond acceptors (Lipinski definition) is 5. The van der Waals surface area contributed by atoms with Crippen molar-refractivity contribution in [3.8, 4) is 5.69 Å². The maximum atomic E-state index is 14.0. The molecule has 1 aromatic heterocycles. The second-order valence-corrected chi connectivity index (χ2v) is 6.09. The van der Waals surface area contributed by atoms with E-state index in [9.17, 15) is 9.18 Å². The molecule has 1 aliphatic rings. The van der Waals surface area contributed by atoms with E-state index in [1.54, 1.807) is 13.0 Å². The number of benzene rings is 1. The van der Waals surface area contributed by atoms with Crippen molar-refractivity contribution in [2.24, 2.45) is 0 Å². The van der Waals surface area contributed by atoms with Gasteiger partial charge in [-0.1, -0.05) is 6.42 Å². The molecule has 0 bridgehead atoms. The minimum absolute atomic E-state index is 0.0860. The second-order valence-electron chi connectivity index (χ2n) is 6.09. The predicted molar refractivity (Wildman–Crippen MR) is 91.2 cm³/mol. The van der Waals surface area contributed by atoms with Crippen molar-refractivity contribution < 1.29 is 9.18 Å². The number of piperidine rings is 1. The second kappa shape index (κ2) is 8.02. The standard InChI is InChI=1S/C16H22FN7O/c1-12-20-21-22-24(12)13-5-6-14(17)15(11-13)19-16(25)18-7-10-23-8-3-2-4-9-23/h5-6,11H,2-4,7-10H2,1H3,(H2,18,19,25). The van der Waals surface area contributed by atoms with Crippen LogP contribution in [0.15, 0.2) is 18.2 Å². The first-order valence-electron chi connectivity index (χ1n) is 8.45. The van der Waals surface area contributed by atoms with Gasteiger partial charge in [-0.3, -0.25) is 0 Å². The highest BCUT2D eigenvalue weighted by molar-refractivity contribution is 5.89. The molecular formula is C16H22FN7O. The molecule has 2 amide bonds. The van der Waals surface area contributed by atoms with Gasteiger partial charge in [0, 0.05) is 13.1 Å². The van der Waals surface area contributed by atoms with Crippen LogP contribution in [-0.4, -0.2) is 57.3 Å². The number of rotatable bonds is 5. The molecule has 8 nitrogen and oxygen atoms in total. The summed E-state index contributed by atoms with van der Waals surface area (Å²) in [6.07, 6.45) is 3.70. The molecule has 0 spiro atoms. The largest absolute Gasteiger partial charge is 0.337 e. The van der Waals surface area contributed by atoms with Crippen molar-refractivity contribution in [3.05, 3.63) is 29.8 Å². The summed E-state index contributed by atoms with van der Waals surface area (Å²) in [4.78, 5) is 14.3. The van der Waals surface area contributed by atoms with Gasteiger partial charge in [-0.2, -0.15) is 4.68 Å². The fourth-order valence-electron chi connectivity index (χ4n) is 2.89. The number of nitrogens with zero attached hydrogens (tertiary/aromatic N) is 5. The van der Waals surface area contributed by atoms with Crippen LogP contribution < -0.4 is 10.6 Å². The van der Waals surface area contributed by atoms with Crippen molar-refractivity contribution in [3.63, 3.8) is 0 Å². The molecule has 1 aromatic carbocycles. The van der Waals surface area contributed by atoms with Crippen LogP contribution in [0.25, 0.3) is 5.69 Å². The summed E-state index contributed by atoms with van der Waals surface area (Å²) >= 11 is 0. The normalized spacial score (nSPS) is 15.1. The van der Waals surface area contributed by atoms with Crippen LogP contribution in [0.5, 0.6) is 0 Å². The number of nitrogens with one attached hydrogen (secondary N) is 2. The molecule has 1 fully saturated rings. The van der Waals surface area contributed by atoms with Crippen molar-refractivity contribution in [2.75, 3.05) is 31.5 Å². The summed E-state index contributed by atoms with van der Waals surface area (Å²) in [6.45, 7) is 5.22. The molecule has 0 saturated carbocycles. The summed E-state index contributed by atoms with van der Waals surface area (Å²) < 4.78 is 15.4. The highest BCUT2D eigenvalue weighted by Gasteiger charge is 2.12. The molecule has 0 aliphatic carbocycles. The van der Waals surface area contributed by atoms with E-state index in [4.69, 9.17) is 0 Å². The summed E-state index contributed by atoms with van der Waals surface area (Å²) in [5, 5.41) is 16.5. The highest BCUT2D eigenvalue weighted by Crippen LogP contribution is 2.19. The summed E-state index contributed by atoms with van der Waals surface area (Å²) in [5.41, 5.74) is 0.662. The molecule has 2 aromatic rings. The molecule has 9 heteroatoms. The Morgan fingerprint density at radius 3 is 2.80 bits per heavy atom. The van der Waals surface area contributed by atoms with Gasteiger partial charge in [-0.15, -0.1) is 5.10 Å². The van der Waals surface area contributed by atoms with E-state index in [2.05, 4.69) is 31.1 Å². The number of tetrazole rings is 1. The number of carbonyl (C=O) groups is 1. The Bertz CT molecular complexity index is 727. The SMILES string of the molecule is Cc1nnnn1-c1ccc(F)c(NC(=O)NCCN2CCCCC2)c1. The number of aryl methyl sites for hydroxylation is 1. The smallest absolute Gasteiger partial charge is 0.319 e. The molecular weight excluding hydrogens is 325 g/mol. The van der Waals surface area contributed by atoms with Crippen LogP contribution in [0.2, 0.25) is 0 Å². The first kappa shape index (κ1) is 17.3. The Morgan fingerprint density at radius 1 is 1.28 bits per heavy atom.